The van der Waals surface area contributed by atoms with Gasteiger partial charge in [-0.1, -0.05) is 12.5 Å². The number of hydrogen-bond acceptors (Lipinski definition) is 6. The van der Waals surface area contributed by atoms with E-state index in [-0.39, 0.29) is 19.1 Å². The molecule has 2 heterocycles. The zero-order valence-corrected chi connectivity index (χ0v) is 15.8. The molecule has 0 saturated carbocycles. The number of carboxylic acid groups (broad SMARTS) is 1. The lowest BCUT2D eigenvalue weighted by Crippen LogP contribution is -2.53. The van der Waals surface area contributed by atoms with E-state index in [1.54, 1.807) is 12.1 Å². The van der Waals surface area contributed by atoms with Crippen molar-refractivity contribution in [1.29, 1.82) is 0 Å². The summed E-state index contributed by atoms with van der Waals surface area (Å²) in [6.07, 6.45) is 1.15. The van der Waals surface area contributed by atoms with Crippen molar-refractivity contribution in [2.45, 2.75) is 31.0 Å². The van der Waals surface area contributed by atoms with Gasteiger partial charge < -0.3 is 20.2 Å². The molecule has 1 fully saturated rings. The van der Waals surface area contributed by atoms with E-state index in [0.29, 0.717) is 43.6 Å². The monoisotopic (exact) mass is 397 g/mol. The largest absolute Gasteiger partial charge is 0.480 e. The average Bonchev–Trinajstić information content (AvgIpc) is 2.97. The Bertz CT molecular complexity index is 938. The number of carbonyl (C=O) groups is 1. The molecule has 3 rings (SSSR count). The number of H-pyrrole nitrogens is 1. The van der Waals surface area contributed by atoms with Crippen LogP contribution in [-0.4, -0.2) is 56.8 Å². The maximum Gasteiger partial charge on any atom is 0.417 e. The molecule has 0 bridgehead atoms. The average molecular weight is 397 g/mol. The molecule has 27 heavy (non-hydrogen) atoms. The molecule has 2 aromatic rings. The van der Waals surface area contributed by atoms with E-state index in [4.69, 9.17) is 10.2 Å². The highest BCUT2D eigenvalue weighted by Crippen LogP contribution is 2.59. The van der Waals surface area contributed by atoms with Crippen LogP contribution >= 0.6 is 7.37 Å². The van der Waals surface area contributed by atoms with Crippen LogP contribution in [-0.2, 0) is 15.9 Å². The van der Waals surface area contributed by atoms with Crippen molar-refractivity contribution in [1.82, 2.24) is 9.88 Å². The van der Waals surface area contributed by atoms with Crippen LogP contribution in [0.25, 0.3) is 11.1 Å². The lowest BCUT2D eigenvalue weighted by atomic mass is 9.99. The minimum atomic E-state index is -3.85. The van der Waals surface area contributed by atoms with E-state index in [1.807, 2.05) is 11.0 Å². The van der Waals surface area contributed by atoms with Gasteiger partial charge in [-0.15, -0.1) is 0 Å². The standard InChI is InChI=1S/C17H24N3O6P/c18-6-2-1-5-17(15(21)22)11-20(7-8-27(17,24)25)10-12-3-4-13-14(9-12)26-16(23)19-13/h3-4,9H,1-2,5-8,10-11,18H2,(H,19,23)(H,21,22)(H,24,25). The molecule has 0 radical (unpaired) electrons. The van der Waals surface area contributed by atoms with Crippen LogP contribution < -0.4 is 11.5 Å². The molecule has 2 atom stereocenters. The quantitative estimate of drug-likeness (QED) is 0.401. The van der Waals surface area contributed by atoms with E-state index < -0.39 is 24.3 Å². The number of nitrogens with two attached hydrogens (primary N) is 1. The van der Waals surface area contributed by atoms with Crippen LogP contribution in [0.15, 0.2) is 27.4 Å². The number of aliphatic carboxylic acids is 1. The third-order valence-corrected chi connectivity index (χ3v) is 7.91. The topological polar surface area (TPSA) is 150 Å². The minimum Gasteiger partial charge on any atom is -0.480 e. The number of fused-ring (bicyclic) bond motifs is 1. The molecule has 148 valence electrons. The van der Waals surface area contributed by atoms with Crippen molar-refractivity contribution in [2.24, 2.45) is 5.73 Å². The smallest absolute Gasteiger partial charge is 0.417 e. The van der Waals surface area contributed by atoms with Crippen molar-refractivity contribution in [3.05, 3.63) is 34.3 Å². The van der Waals surface area contributed by atoms with Gasteiger partial charge in [0, 0.05) is 25.8 Å². The normalized spacial score (nSPS) is 26.4. The van der Waals surface area contributed by atoms with Gasteiger partial charge in [0.25, 0.3) is 0 Å². The fraction of sp³-hybridized carbons (Fsp3) is 0.529. The van der Waals surface area contributed by atoms with Gasteiger partial charge in [0.2, 0.25) is 7.37 Å². The first kappa shape index (κ1) is 19.8. The van der Waals surface area contributed by atoms with E-state index >= 15 is 0 Å². The summed E-state index contributed by atoms with van der Waals surface area (Å²) in [6.45, 7) is 1.14. The zero-order valence-electron chi connectivity index (χ0n) is 14.9. The maximum absolute atomic E-state index is 12.8. The van der Waals surface area contributed by atoms with E-state index in [2.05, 4.69) is 4.98 Å². The molecule has 1 aromatic heterocycles. The van der Waals surface area contributed by atoms with Gasteiger partial charge in [-0.05, 0) is 37.1 Å². The van der Waals surface area contributed by atoms with E-state index in [9.17, 15) is 24.2 Å². The number of carboxylic acids is 1. The first-order valence-corrected chi connectivity index (χ1v) is 10.7. The lowest BCUT2D eigenvalue weighted by molar-refractivity contribution is -0.141. The summed E-state index contributed by atoms with van der Waals surface area (Å²) < 4.78 is 17.8. The van der Waals surface area contributed by atoms with Gasteiger partial charge in [-0.3, -0.25) is 19.2 Å². The van der Waals surface area contributed by atoms with Gasteiger partial charge in [0.15, 0.2) is 10.7 Å². The van der Waals surface area contributed by atoms with Crippen LogP contribution in [0.2, 0.25) is 0 Å². The number of nitrogens with zero attached hydrogens (tertiary/aromatic N) is 1. The van der Waals surface area contributed by atoms with Crippen molar-refractivity contribution < 1.29 is 23.8 Å². The summed E-state index contributed by atoms with van der Waals surface area (Å²) >= 11 is 0. The number of unbranched alkanes of at least 4 members (excludes halogenated alkanes) is 1. The molecule has 0 spiro atoms. The van der Waals surface area contributed by atoms with Crippen LogP contribution in [0.1, 0.15) is 24.8 Å². The summed E-state index contributed by atoms with van der Waals surface area (Å²) in [4.78, 5) is 38.2. The number of aromatic amines is 1. The number of hydrogen-bond donors (Lipinski definition) is 4. The first-order chi connectivity index (χ1) is 12.8. The Labute approximate surface area is 155 Å². The molecule has 0 amide bonds. The molecule has 1 saturated heterocycles. The van der Waals surface area contributed by atoms with Gasteiger partial charge in [0.05, 0.1) is 5.52 Å². The van der Waals surface area contributed by atoms with Crippen molar-refractivity contribution in [3.8, 4) is 0 Å². The summed E-state index contributed by atoms with van der Waals surface area (Å²) in [5.41, 5.74) is 7.33. The fourth-order valence-corrected chi connectivity index (χ4v) is 5.88. The summed E-state index contributed by atoms with van der Waals surface area (Å²) in [7, 11) is -3.85. The number of rotatable bonds is 7. The molecule has 1 aliphatic heterocycles. The van der Waals surface area contributed by atoms with Crippen molar-refractivity contribution in [3.63, 3.8) is 0 Å². The summed E-state index contributed by atoms with van der Waals surface area (Å²) in [5.74, 6) is -1.77. The van der Waals surface area contributed by atoms with Gasteiger partial charge >= 0.3 is 11.7 Å². The molecule has 1 aromatic carbocycles. The second kappa shape index (κ2) is 7.59. The van der Waals surface area contributed by atoms with Crippen LogP contribution in [0.5, 0.6) is 0 Å². The van der Waals surface area contributed by atoms with Crippen LogP contribution in [0.3, 0.4) is 0 Å². The van der Waals surface area contributed by atoms with Crippen LogP contribution in [0.4, 0.5) is 0 Å². The Kier molecular flexibility index (Phi) is 5.58. The Hall–Kier alpha value is -1.93. The summed E-state index contributed by atoms with van der Waals surface area (Å²) in [5, 5.41) is 8.13. The second-order valence-electron chi connectivity index (χ2n) is 7.06. The Balaban J connectivity index is 1.82. The van der Waals surface area contributed by atoms with Crippen molar-refractivity contribution >= 4 is 24.4 Å². The Morgan fingerprint density at radius 3 is 2.89 bits per heavy atom. The molecular weight excluding hydrogens is 373 g/mol. The molecule has 5 N–H and O–H groups in total. The van der Waals surface area contributed by atoms with Gasteiger partial charge in [0.1, 0.15) is 0 Å². The molecule has 0 aliphatic carbocycles. The van der Waals surface area contributed by atoms with E-state index in [0.717, 1.165) is 5.56 Å². The highest BCUT2D eigenvalue weighted by atomic mass is 31.2. The molecule has 2 unspecified atom stereocenters. The molecular formula is C17H24N3O6P. The van der Waals surface area contributed by atoms with Crippen LogP contribution in [0, 0.1) is 0 Å². The maximum atomic E-state index is 12.8. The lowest BCUT2D eigenvalue weighted by Gasteiger charge is -2.43. The second-order valence-corrected chi connectivity index (χ2v) is 9.77. The first-order valence-electron chi connectivity index (χ1n) is 8.87. The van der Waals surface area contributed by atoms with Gasteiger partial charge in [-0.2, -0.15) is 0 Å². The molecule has 1 aliphatic rings. The third-order valence-electron chi connectivity index (χ3n) is 5.21. The number of aromatic nitrogens is 1. The van der Waals surface area contributed by atoms with Gasteiger partial charge in [-0.25, -0.2) is 4.79 Å². The predicted octanol–water partition coefficient (Wildman–Crippen LogP) is 1.16. The third kappa shape index (κ3) is 3.87. The van der Waals surface area contributed by atoms with E-state index in [1.165, 1.54) is 0 Å². The predicted molar refractivity (Wildman–Crippen MR) is 100 cm³/mol. The highest BCUT2D eigenvalue weighted by Gasteiger charge is 2.56. The molecule has 9 nitrogen and oxygen atoms in total. The molecule has 10 heteroatoms. The number of oxazole rings is 1. The Morgan fingerprint density at radius 2 is 2.19 bits per heavy atom. The van der Waals surface area contributed by atoms with Crippen molar-refractivity contribution in [2.75, 3.05) is 25.8 Å². The minimum absolute atomic E-state index is 0.00416. The fourth-order valence-electron chi connectivity index (χ4n) is 3.67. The zero-order chi connectivity index (χ0) is 19.7. The summed E-state index contributed by atoms with van der Waals surface area (Å²) in [6, 6.07) is 5.26. The number of benzene rings is 1. The Morgan fingerprint density at radius 1 is 1.41 bits per heavy atom. The SMILES string of the molecule is NCCCCC1(C(=O)O)CN(Cc2ccc3[nH]c(=O)oc3c2)CCP1(=O)O. The number of nitrogens with one attached hydrogen (secondary N) is 1. The highest BCUT2D eigenvalue weighted by molar-refractivity contribution is 7.61.